The van der Waals surface area contributed by atoms with E-state index < -0.39 is 0 Å². The second-order valence-corrected chi connectivity index (χ2v) is 7.05. The summed E-state index contributed by atoms with van der Waals surface area (Å²) >= 11 is 1.61. The monoisotopic (exact) mass is 342 g/mol. The van der Waals surface area contributed by atoms with Crippen molar-refractivity contribution in [2.45, 2.75) is 39.0 Å². The van der Waals surface area contributed by atoms with Gasteiger partial charge in [-0.2, -0.15) is 0 Å². The highest BCUT2D eigenvalue weighted by molar-refractivity contribution is 7.16. The molecule has 2 aromatic rings. The molecule has 0 unspecified atom stereocenters. The third-order valence-corrected chi connectivity index (χ3v) is 5.37. The van der Waals surface area contributed by atoms with Gasteiger partial charge in [0.2, 0.25) is 0 Å². The minimum absolute atomic E-state index is 0.0271. The van der Waals surface area contributed by atoms with Crippen molar-refractivity contribution in [2.75, 3.05) is 6.54 Å². The predicted molar refractivity (Wildman–Crippen MR) is 98.9 cm³/mol. The van der Waals surface area contributed by atoms with Crippen molar-refractivity contribution < 1.29 is 9.90 Å². The fourth-order valence-corrected chi connectivity index (χ4v) is 4.16. The number of thiophene rings is 1. The normalized spacial score (nSPS) is 13.9. The van der Waals surface area contributed by atoms with Gasteiger partial charge in [0.15, 0.2) is 0 Å². The van der Waals surface area contributed by atoms with Crippen LogP contribution in [0.15, 0.2) is 29.3 Å². The number of hydrogen-bond acceptors (Lipinski definition) is 4. The Hall–Kier alpha value is -2.14. The number of phenolic OH excluding ortho intramolecular Hbond substituents is 1. The van der Waals surface area contributed by atoms with Gasteiger partial charge in [-0.25, -0.2) is 4.99 Å². The lowest BCUT2D eigenvalue weighted by atomic mass is 9.95. The molecule has 1 heterocycles. The molecule has 2 N–H and O–H groups in total. The van der Waals surface area contributed by atoms with Crippen molar-refractivity contribution in [1.29, 1.82) is 0 Å². The number of aryl methyl sites for hydroxylation is 1. The molecule has 0 saturated carbocycles. The number of hydrogen-bond donors (Lipinski definition) is 2. The summed E-state index contributed by atoms with van der Waals surface area (Å²) in [5.41, 5.74) is 2.56. The van der Waals surface area contributed by atoms with Crippen LogP contribution in [0.4, 0.5) is 5.00 Å². The number of carbonyl (C=O) groups is 1. The van der Waals surface area contributed by atoms with Gasteiger partial charge in [-0.15, -0.1) is 11.3 Å². The lowest BCUT2D eigenvalue weighted by molar-refractivity contribution is 0.0953. The highest BCUT2D eigenvalue weighted by Gasteiger charge is 2.24. The second kappa shape index (κ2) is 7.62. The van der Waals surface area contributed by atoms with E-state index in [0.29, 0.717) is 12.1 Å². The smallest absolute Gasteiger partial charge is 0.254 e. The van der Waals surface area contributed by atoms with E-state index in [2.05, 4.69) is 10.3 Å². The minimum atomic E-state index is -0.0271. The molecule has 0 spiro atoms. The first kappa shape index (κ1) is 16.7. The number of para-hydroxylation sites is 1. The van der Waals surface area contributed by atoms with Gasteiger partial charge in [-0.3, -0.25) is 4.79 Å². The summed E-state index contributed by atoms with van der Waals surface area (Å²) in [7, 11) is 0. The summed E-state index contributed by atoms with van der Waals surface area (Å²) in [6.45, 7) is 2.71. The maximum atomic E-state index is 12.6. The van der Waals surface area contributed by atoms with Gasteiger partial charge in [-0.1, -0.05) is 19.1 Å². The number of nitrogens with zero attached hydrogens (tertiary/aromatic N) is 1. The summed E-state index contributed by atoms with van der Waals surface area (Å²) in [6.07, 6.45) is 6.83. The van der Waals surface area contributed by atoms with E-state index in [9.17, 15) is 9.90 Å². The lowest BCUT2D eigenvalue weighted by Gasteiger charge is -2.12. The average Bonchev–Trinajstić information content (AvgIpc) is 2.97. The van der Waals surface area contributed by atoms with Gasteiger partial charge < -0.3 is 10.4 Å². The molecule has 0 atom stereocenters. The number of benzene rings is 1. The first-order valence-corrected chi connectivity index (χ1v) is 9.27. The first-order valence-electron chi connectivity index (χ1n) is 8.45. The van der Waals surface area contributed by atoms with Crippen LogP contribution in [-0.2, 0) is 12.8 Å². The zero-order chi connectivity index (χ0) is 16.9. The molecule has 1 aromatic carbocycles. The molecule has 1 aliphatic rings. The van der Waals surface area contributed by atoms with Gasteiger partial charge in [0, 0.05) is 23.2 Å². The van der Waals surface area contributed by atoms with E-state index in [4.69, 9.17) is 0 Å². The largest absolute Gasteiger partial charge is 0.507 e. The van der Waals surface area contributed by atoms with Crippen molar-refractivity contribution in [2.24, 2.45) is 4.99 Å². The van der Waals surface area contributed by atoms with Gasteiger partial charge in [0.25, 0.3) is 5.91 Å². The topological polar surface area (TPSA) is 61.7 Å². The molecule has 1 aromatic heterocycles. The number of rotatable bonds is 5. The Morgan fingerprint density at radius 1 is 1.33 bits per heavy atom. The number of aliphatic imine (C=N–C) groups is 1. The Bertz CT molecular complexity index is 765. The number of carbonyl (C=O) groups excluding carboxylic acids is 1. The summed E-state index contributed by atoms with van der Waals surface area (Å²) in [5, 5.41) is 13.6. The number of fused-ring (bicyclic) bond motifs is 1. The van der Waals surface area contributed by atoms with E-state index in [1.54, 1.807) is 29.7 Å². The third kappa shape index (κ3) is 3.51. The summed E-state index contributed by atoms with van der Waals surface area (Å²) in [6, 6.07) is 7.08. The second-order valence-electron chi connectivity index (χ2n) is 5.96. The van der Waals surface area contributed by atoms with Gasteiger partial charge in [0.05, 0.1) is 5.56 Å². The van der Waals surface area contributed by atoms with Crippen LogP contribution in [0.1, 0.15) is 52.5 Å². The minimum Gasteiger partial charge on any atom is -0.507 e. The summed E-state index contributed by atoms with van der Waals surface area (Å²) in [4.78, 5) is 18.4. The Labute approximate surface area is 146 Å². The van der Waals surface area contributed by atoms with Gasteiger partial charge in [0.1, 0.15) is 10.8 Å². The molecular weight excluding hydrogens is 320 g/mol. The van der Waals surface area contributed by atoms with E-state index >= 15 is 0 Å². The first-order chi connectivity index (χ1) is 11.7. The Morgan fingerprint density at radius 3 is 2.92 bits per heavy atom. The van der Waals surface area contributed by atoms with E-state index in [-0.39, 0.29) is 11.7 Å². The molecule has 126 valence electrons. The van der Waals surface area contributed by atoms with Crippen LogP contribution in [0.3, 0.4) is 0 Å². The molecule has 1 amide bonds. The molecule has 0 aliphatic heterocycles. The fourth-order valence-electron chi connectivity index (χ4n) is 2.93. The standard InChI is InChI=1S/C19H22N2O2S/c1-2-11-20-18(23)17-14-8-4-6-10-16(14)24-19(17)21-12-13-7-3-5-9-15(13)22/h3,5,7,9,12,22H,2,4,6,8,10-11H2,1H3,(H,20,23)/b21-12+. The molecule has 5 heteroatoms. The van der Waals surface area contributed by atoms with E-state index in [0.717, 1.165) is 36.2 Å². The van der Waals surface area contributed by atoms with Crippen LogP contribution in [0.25, 0.3) is 0 Å². The zero-order valence-electron chi connectivity index (χ0n) is 13.8. The summed E-state index contributed by atoms with van der Waals surface area (Å²) < 4.78 is 0. The molecule has 0 bridgehead atoms. The average molecular weight is 342 g/mol. The fraction of sp³-hybridized carbons (Fsp3) is 0.368. The molecular formula is C19H22N2O2S. The number of aromatic hydroxyl groups is 1. The quantitative estimate of drug-likeness (QED) is 0.799. The van der Waals surface area contributed by atoms with Crippen molar-refractivity contribution in [1.82, 2.24) is 5.32 Å². The van der Waals surface area contributed by atoms with Crippen molar-refractivity contribution >= 4 is 28.5 Å². The maximum Gasteiger partial charge on any atom is 0.254 e. The van der Waals surface area contributed by atoms with Crippen LogP contribution in [0, 0.1) is 0 Å². The highest BCUT2D eigenvalue weighted by atomic mass is 32.1. The van der Waals surface area contributed by atoms with Crippen LogP contribution < -0.4 is 5.32 Å². The number of phenols is 1. The van der Waals surface area contributed by atoms with Crippen molar-refractivity contribution in [3.05, 3.63) is 45.8 Å². The predicted octanol–water partition coefficient (Wildman–Crippen LogP) is 4.22. The molecule has 1 aliphatic carbocycles. The lowest BCUT2D eigenvalue weighted by Crippen LogP contribution is -2.25. The van der Waals surface area contributed by atoms with Crippen LogP contribution >= 0.6 is 11.3 Å². The summed E-state index contributed by atoms with van der Waals surface area (Å²) in [5.74, 6) is 0.167. The van der Waals surface area contributed by atoms with Crippen LogP contribution in [0.2, 0.25) is 0 Å². The Morgan fingerprint density at radius 2 is 2.12 bits per heavy atom. The zero-order valence-corrected chi connectivity index (χ0v) is 14.7. The molecule has 3 rings (SSSR count). The highest BCUT2D eigenvalue weighted by Crippen LogP contribution is 2.39. The van der Waals surface area contributed by atoms with Crippen LogP contribution in [0.5, 0.6) is 5.75 Å². The van der Waals surface area contributed by atoms with E-state index in [1.165, 1.54) is 16.9 Å². The van der Waals surface area contributed by atoms with E-state index in [1.807, 2.05) is 19.1 Å². The third-order valence-electron chi connectivity index (χ3n) is 4.17. The Kier molecular flexibility index (Phi) is 5.30. The molecule has 0 saturated heterocycles. The molecule has 4 nitrogen and oxygen atoms in total. The van der Waals surface area contributed by atoms with Crippen LogP contribution in [-0.4, -0.2) is 23.8 Å². The van der Waals surface area contributed by atoms with Crippen molar-refractivity contribution in [3.63, 3.8) is 0 Å². The molecule has 24 heavy (non-hydrogen) atoms. The molecule has 0 radical (unpaired) electrons. The SMILES string of the molecule is CCCNC(=O)c1c(/N=C/c2ccccc2O)sc2c1CCCC2. The Balaban J connectivity index is 1.96. The number of amides is 1. The number of nitrogens with one attached hydrogen (secondary N) is 1. The van der Waals surface area contributed by atoms with Crippen molar-refractivity contribution in [3.8, 4) is 5.75 Å². The maximum absolute atomic E-state index is 12.6. The van der Waals surface area contributed by atoms with Gasteiger partial charge in [-0.05, 0) is 49.8 Å². The molecule has 0 fully saturated rings. The van der Waals surface area contributed by atoms with Gasteiger partial charge >= 0.3 is 0 Å².